The number of rotatable bonds is 4. The summed E-state index contributed by atoms with van der Waals surface area (Å²) >= 11 is 6.12. The van der Waals surface area contributed by atoms with Gasteiger partial charge in [0.1, 0.15) is 5.82 Å². The summed E-state index contributed by atoms with van der Waals surface area (Å²) in [5.41, 5.74) is 0.742. The first kappa shape index (κ1) is 19.2. The zero-order chi connectivity index (χ0) is 17.7. The van der Waals surface area contributed by atoms with E-state index >= 15 is 0 Å². The second-order valence-corrected chi connectivity index (χ2v) is 7.85. The molecule has 1 aromatic carbocycles. The highest BCUT2D eigenvalue weighted by Gasteiger charge is 2.20. The summed E-state index contributed by atoms with van der Waals surface area (Å²) in [6.45, 7) is 10.7. The van der Waals surface area contributed by atoms with E-state index in [0.29, 0.717) is 18.1 Å². The van der Waals surface area contributed by atoms with Crippen molar-refractivity contribution >= 4 is 17.5 Å². The summed E-state index contributed by atoms with van der Waals surface area (Å²) < 4.78 is 13.1. The minimum atomic E-state index is -0.310. The van der Waals surface area contributed by atoms with E-state index in [4.69, 9.17) is 11.6 Å². The number of hydrogen-bond donors (Lipinski definition) is 1. The van der Waals surface area contributed by atoms with Gasteiger partial charge in [0.05, 0.1) is 6.54 Å². The molecular formula is C18H27ClFN3O. The molecule has 1 heterocycles. The molecule has 0 unspecified atom stereocenters. The van der Waals surface area contributed by atoms with Crippen LogP contribution in [0.3, 0.4) is 0 Å². The molecule has 0 radical (unpaired) electrons. The fourth-order valence-electron chi connectivity index (χ4n) is 2.89. The van der Waals surface area contributed by atoms with Gasteiger partial charge in [-0.3, -0.25) is 14.6 Å². The molecule has 0 aromatic heterocycles. The minimum absolute atomic E-state index is 0.0672. The van der Waals surface area contributed by atoms with E-state index in [-0.39, 0.29) is 17.3 Å². The molecule has 4 nitrogen and oxygen atoms in total. The van der Waals surface area contributed by atoms with Crippen LogP contribution in [0.2, 0.25) is 5.02 Å². The number of benzene rings is 1. The lowest BCUT2D eigenvalue weighted by Gasteiger charge is -2.25. The molecular weight excluding hydrogens is 329 g/mol. The van der Waals surface area contributed by atoms with Crippen LogP contribution in [0.15, 0.2) is 18.2 Å². The van der Waals surface area contributed by atoms with Crippen LogP contribution in [-0.4, -0.2) is 54.0 Å². The topological polar surface area (TPSA) is 35.6 Å². The van der Waals surface area contributed by atoms with Crippen LogP contribution in [0.5, 0.6) is 0 Å². The molecule has 24 heavy (non-hydrogen) atoms. The summed E-state index contributed by atoms with van der Waals surface area (Å²) in [6.07, 6.45) is 1.00. The zero-order valence-electron chi connectivity index (χ0n) is 14.7. The van der Waals surface area contributed by atoms with Gasteiger partial charge < -0.3 is 5.32 Å². The van der Waals surface area contributed by atoms with Gasteiger partial charge in [-0.2, -0.15) is 0 Å². The Hall–Kier alpha value is -1.17. The van der Waals surface area contributed by atoms with Crippen LogP contribution < -0.4 is 5.32 Å². The van der Waals surface area contributed by atoms with Crippen LogP contribution >= 0.6 is 11.6 Å². The van der Waals surface area contributed by atoms with Crippen LogP contribution in [0, 0.1) is 5.82 Å². The highest BCUT2D eigenvalue weighted by Crippen LogP contribution is 2.19. The second-order valence-electron chi connectivity index (χ2n) is 7.44. The van der Waals surface area contributed by atoms with Gasteiger partial charge >= 0.3 is 0 Å². The summed E-state index contributed by atoms with van der Waals surface area (Å²) in [4.78, 5) is 16.6. The van der Waals surface area contributed by atoms with Gasteiger partial charge in [-0.25, -0.2) is 4.39 Å². The van der Waals surface area contributed by atoms with E-state index in [9.17, 15) is 9.18 Å². The molecule has 1 aliphatic heterocycles. The highest BCUT2D eigenvalue weighted by atomic mass is 35.5. The Kier molecular flexibility index (Phi) is 6.61. The van der Waals surface area contributed by atoms with E-state index in [1.165, 1.54) is 12.1 Å². The fraction of sp³-hybridized carbons (Fsp3) is 0.611. The SMILES string of the molecule is CC(C)(C)NC(=O)CN1CCCN(Cc2ccc(F)cc2Cl)CC1. The Morgan fingerprint density at radius 2 is 1.88 bits per heavy atom. The van der Waals surface area contributed by atoms with Crippen LogP contribution in [-0.2, 0) is 11.3 Å². The molecule has 1 N–H and O–H groups in total. The van der Waals surface area contributed by atoms with Crippen molar-refractivity contribution in [2.45, 2.75) is 39.3 Å². The number of carbonyl (C=O) groups is 1. The molecule has 134 valence electrons. The Morgan fingerprint density at radius 1 is 1.21 bits per heavy atom. The van der Waals surface area contributed by atoms with Gasteiger partial charge in [0, 0.05) is 30.2 Å². The molecule has 0 atom stereocenters. The van der Waals surface area contributed by atoms with Crippen molar-refractivity contribution in [2.24, 2.45) is 0 Å². The number of nitrogens with zero attached hydrogens (tertiary/aromatic N) is 2. The monoisotopic (exact) mass is 355 g/mol. The third kappa shape index (κ3) is 6.38. The lowest BCUT2D eigenvalue weighted by molar-refractivity contribution is -0.123. The van der Waals surface area contributed by atoms with Crippen molar-refractivity contribution in [2.75, 3.05) is 32.7 Å². The van der Waals surface area contributed by atoms with E-state index in [2.05, 4.69) is 15.1 Å². The minimum Gasteiger partial charge on any atom is -0.350 e. The van der Waals surface area contributed by atoms with Crippen LogP contribution in [0.25, 0.3) is 0 Å². The van der Waals surface area contributed by atoms with Gasteiger partial charge in [0.15, 0.2) is 0 Å². The summed E-state index contributed by atoms with van der Waals surface area (Å²) in [5.74, 6) is -0.242. The van der Waals surface area contributed by atoms with Crippen LogP contribution in [0.1, 0.15) is 32.8 Å². The van der Waals surface area contributed by atoms with E-state index in [0.717, 1.165) is 38.2 Å². The standard InChI is InChI=1S/C18H27ClFN3O/c1-18(2,3)21-17(24)13-23-8-4-7-22(9-10-23)12-14-5-6-15(20)11-16(14)19/h5-6,11H,4,7-10,12-13H2,1-3H3,(H,21,24). The van der Waals surface area contributed by atoms with Crippen molar-refractivity contribution < 1.29 is 9.18 Å². The molecule has 0 aliphatic carbocycles. The van der Waals surface area contributed by atoms with Crippen LogP contribution in [0.4, 0.5) is 4.39 Å². The Bertz CT molecular complexity index is 574. The number of hydrogen-bond acceptors (Lipinski definition) is 3. The summed E-state index contributed by atoms with van der Waals surface area (Å²) in [7, 11) is 0. The van der Waals surface area contributed by atoms with Crippen molar-refractivity contribution in [3.8, 4) is 0 Å². The normalized spacial score (nSPS) is 17.5. The zero-order valence-corrected chi connectivity index (χ0v) is 15.5. The largest absolute Gasteiger partial charge is 0.350 e. The van der Waals surface area contributed by atoms with Gasteiger partial charge in [-0.15, -0.1) is 0 Å². The Balaban J connectivity index is 1.85. The second kappa shape index (κ2) is 8.28. The Morgan fingerprint density at radius 3 is 2.54 bits per heavy atom. The lowest BCUT2D eigenvalue weighted by Crippen LogP contribution is -2.46. The maximum atomic E-state index is 13.1. The Labute approximate surface area is 149 Å². The van der Waals surface area contributed by atoms with E-state index < -0.39 is 0 Å². The first-order valence-corrected chi connectivity index (χ1v) is 8.80. The van der Waals surface area contributed by atoms with Crippen molar-refractivity contribution in [1.29, 1.82) is 0 Å². The van der Waals surface area contributed by atoms with E-state index in [1.807, 2.05) is 20.8 Å². The molecule has 2 rings (SSSR count). The smallest absolute Gasteiger partial charge is 0.234 e. The van der Waals surface area contributed by atoms with E-state index in [1.54, 1.807) is 6.07 Å². The summed E-state index contributed by atoms with van der Waals surface area (Å²) in [5, 5.41) is 3.48. The quantitative estimate of drug-likeness (QED) is 0.902. The molecule has 1 fully saturated rings. The maximum Gasteiger partial charge on any atom is 0.234 e. The van der Waals surface area contributed by atoms with Gasteiger partial charge in [0.2, 0.25) is 5.91 Å². The molecule has 1 saturated heterocycles. The van der Waals surface area contributed by atoms with Crippen molar-refractivity contribution in [3.05, 3.63) is 34.6 Å². The van der Waals surface area contributed by atoms with Gasteiger partial charge in [-0.05, 0) is 58.0 Å². The lowest BCUT2D eigenvalue weighted by atomic mass is 10.1. The number of nitrogens with one attached hydrogen (secondary N) is 1. The number of halogens is 2. The number of amides is 1. The van der Waals surface area contributed by atoms with Gasteiger partial charge in [-0.1, -0.05) is 17.7 Å². The predicted octanol–water partition coefficient (Wildman–Crippen LogP) is 2.90. The average Bonchev–Trinajstić information content (AvgIpc) is 2.65. The molecule has 1 aliphatic rings. The molecule has 1 amide bonds. The third-order valence-electron chi connectivity index (χ3n) is 3.97. The maximum absolute atomic E-state index is 13.1. The average molecular weight is 356 g/mol. The van der Waals surface area contributed by atoms with Crippen molar-refractivity contribution in [3.63, 3.8) is 0 Å². The van der Waals surface area contributed by atoms with Crippen molar-refractivity contribution in [1.82, 2.24) is 15.1 Å². The molecule has 6 heteroatoms. The first-order chi connectivity index (χ1) is 11.2. The molecule has 1 aromatic rings. The highest BCUT2D eigenvalue weighted by molar-refractivity contribution is 6.31. The summed E-state index contributed by atoms with van der Waals surface area (Å²) in [6, 6.07) is 4.55. The predicted molar refractivity (Wildman–Crippen MR) is 95.6 cm³/mol. The fourth-order valence-corrected chi connectivity index (χ4v) is 3.12. The molecule has 0 spiro atoms. The van der Waals surface area contributed by atoms with Gasteiger partial charge in [0.25, 0.3) is 0 Å². The third-order valence-corrected chi connectivity index (χ3v) is 4.32. The molecule has 0 saturated carbocycles. The number of carbonyl (C=O) groups excluding carboxylic acids is 1. The molecule has 0 bridgehead atoms. The first-order valence-electron chi connectivity index (χ1n) is 8.42.